The average molecular weight is 415 g/mol. The Morgan fingerprint density at radius 2 is 1.82 bits per heavy atom. The van der Waals surface area contributed by atoms with Gasteiger partial charge in [0, 0.05) is 5.54 Å². The Morgan fingerprint density at radius 3 is 2.36 bits per heavy atom. The molecule has 2 N–H and O–H groups in total. The molecule has 3 amide bonds. The van der Waals surface area contributed by atoms with Gasteiger partial charge in [0.1, 0.15) is 0 Å². The molecule has 1 aromatic rings. The molecule has 0 spiro atoms. The lowest BCUT2D eigenvalue weighted by atomic mass is 10.1. The molecule has 0 fully saturated rings. The molecular formula is C19H27ClN2O6. The molecule has 0 atom stereocenters. The maximum atomic E-state index is 12.2. The van der Waals surface area contributed by atoms with Crippen LogP contribution in [0.5, 0.6) is 11.5 Å². The summed E-state index contributed by atoms with van der Waals surface area (Å²) >= 11 is 6.19. The number of benzene rings is 1. The molecule has 0 aliphatic carbocycles. The normalized spacial score (nSPS) is 11.0. The van der Waals surface area contributed by atoms with E-state index in [1.165, 1.54) is 19.2 Å². The molecule has 0 saturated heterocycles. The van der Waals surface area contributed by atoms with Crippen LogP contribution >= 0.6 is 11.6 Å². The number of halogens is 1. The first-order chi connectivity index (χ1) is 12.9. The van der Waals surface area contributed by atoms with E-state index in [1.54, 1.807) is 20.8 Å². The lowest BCUT2D eigenvalue weighted by Gasteiger charge is -2.20. The third kappa shape index (κ3) is 8.04. The van der Waals surface area contributed by atoms with E-state index in [-0.39, 0.29) is 22.3 Å². The number of hydrogen-bond acceptors (Lipinski definition) is 6. The van der Waals surface area contributed by atoms with E-state index < -0.39 is 30.1 Å². The first-order valence-electron chi connectivity index (χ1n) is 8.72. The van der Waals surface area contributed by atoms with Crippen molar-refractivity contribution >= 4 is 29.5 Å². The Morgan fingerprint density at radius 1 is 1.18 bits per heavy atom. The largest absolute Gasteiger partial charge is 0.493 e. The van der Waals surface area contributed by atoms with E-state index in [0.29, 0.717) is 12.4 Å². The average Bonchev–Trinajstić information content (AvgIpc) is 2.55. The molecule has 1 aromatic carbocycles. The van der Waals surface area contributed by atoms with Gasteiger partial charge in [0.2, 0.25) is 0 Å². The van der Waals surface area contributed by atoms with E-state index in [9.17, 15) is 14.4 Å². The first-order valence-corrected chi connectivity index (χ1v) is 9.10. The van der Waals surface area contributed by atoms with Crippen LogP contribution in [-0.4, -0.2) is 43.8 Å². The molecule has 28 heavy (non-hydrogen) atoms. The maximum absolute atomic E-state index is 12.2. The lowest BCUT2D eigenvalue weighted by Crippen LogP contribution is -2.49. The summed E-state index contributed by atoms with van der Waals surface area (Å²) in [5, 5.41) is 4.82. The third-order valence-electron chi connectivity index (χ3n) is 3.10. The molecular weight excluding hydrogens is 388 g/mol. The highest BCUT2D eigenvalue weighted by Crippen LogP contribution is 2.36. The lowest BCUT2D eigenvalue weighted by molar-refractivity contribution is -0.123. The van der Waals surface area contributed by atoms with Crippen molar-refractivity contribution in [3.05, 3.63) is 22.7 Å². The van der Waals surface area contributed by atoms with Gasteiger partial charge in [0.05, 0.1) is 24.3 Å². The highest BCUT2D eigenvalue weighted by atomic mass is 35.5. The van der Waals surface area contributed by atoms with Crippen molar-refractivity contribution < 1.29 is 28.6 Å². The van der Waals surface area contributed by atoms with Crippen molar-refractivity contribution in [2.45, 2.75) is 40.2 Å². The Bertz CT molecular complexity index is 728. The van der Waals surface area contributed by atoms with Crippen molar-refractivity contribution in [3.63, 3.8) is 0 Å². The fourth-order valence-electron chi connectivity index (χ4n) is 1.98. The van der Waals surface area contributed by atoms with Gasteiger partial charge in [-0.3, -0.25) is 10.1 Å². The zero-order chi connectivity index (χ0) is 21.5. The van der Waals surface area contributed by atoms with Gasteiger partial charge in [-0.1, -0.05) is 25.4 Å². The number of rotatable bonds is 7. The number of amides is 3. The van der Waals surface area contributed by atoms with E-state index >= 15 is 0 Å². The van der Waals surface area contributed by atoms with Crippen LogP contribution in [-0.2, 0) is 9.53 Å². The number of carbonyl (C=O) groups is 3. The smallest absolute Gasteiger partial charge is 0.338 e. The predicted molar refractivity (Wildman–Crippen MR) is 105 cm³/mol. The fraction of sp³-hybridized carbons (Fsp3) is 0.526. The third-order valence-corrected chi connectivity index (χ3v) is 3.38. The quantitative estimate of drug-likeness (QED) is 0.664. The molecule has 8 nitrogen and oxygen atoms in total. The van der Waals surface area contributed by atoms with Gasteiger partial charge in [-0.05, 0) is 38.8 Å². The van der Waals surface area contributed by atoms with Crippen molar-refractivity contribution in [2.75, 3.05) is 20.3 Å². The van der Waals surface area contributed by atoms with E-state index in [4.69, 9.17) is 25.8 Å². The highest BCUT2D eigenvalue weighted by molar-refractivity contribution is 6.32. The van der Waals surface area contributed by atoms with Crippen LogP contribution in [0.15, 0.2) is 12.1 Å². The van der Waals surface area contributed by atoms with Crippen molar-refractivity contribution in [3.8, 4) is 11.5 Å². The van der Waals surface area contributed by atoms with Gasteiger partial charge in [-0.25, -0.2) is 9.59 Å². The number of urea groups is 1. The van der Waals surface area contributed by atoms with Gasteiger partial charge >= 0.3 is 12.0 Å². The molecule has 0 aromatic heterocycles. The van der Waals surface area contributed by atoms with Gasteiger partial charge in [0.15, 0.2) is 18.1 Å². The molecule has 0 aliphatic heterocycles. The number of hydrogen-bond donors (Lipinski definition) is 2. The molecule has 0 saturated carbocycles. The second-order valence-electron chi connectivity index (χ2n) is 7.52. The van der Waals surface area contributed by atoms with Crippen LogP contribution in [0.4, 0.5) is 4.79 Å². The molecule has 0 bridgehead atoms. The molecule has 1 rings (SSSR count). The monoisotopic (exact) mass is 414 g/mol. The summed E-state index contributed by atoms with van der Waals surface area (Å²) in [6, 6.07) is 2.10. The maximum Gasteiger partial charge on any atom is 0.338 e. The standard InChI is InChI=1S/C19H27ClN2O6/c1-11(2)9-27-16-13(20)7-12(8-14(16)26-6)17(24)28-10-15(23)21-18(25)22-19(3,4)5/h7-8,11H,9-10H2,1-6H3,(H2,21,22,23,25). The van der Waals surface area contributed by atoms with E-state index in [2.05, 4.69) is 10.6 Å². The van der Waals surface area contributed by atoms with Gasteiger partial charge in [-0.15, -0.1) is 0 Å². The van der Waals surface area contributed by atoms with Crippen molar-refractivity contribution in [1.29, 1.82) is 0 Å². The Balaban J connectivity index is 2.73. The van der Waals surface area contributed by atoms with Crippen LogP contribution in [0.2, 0.25) is 5.02 Å². The summed E-state index contributed by atoms with van der Waals surface area (Å²) in [7, 11) is 1.42. The van der Waals surface area contributed by atoms with Gasteiger partial charge in [0.25, 0.3) is 5.91 Å². The minimum Gasteiger partial charge on any atom is -0.493 e. The number of ether oxygens (including phenoxy) is 3. The second-order valence-corrected chi connectivity index (χ2v) is 7.93. The van der Waals surface area contributed by atoms with E-state index in [0.717, 1.165) is 0 Å². The summed E-state index contributed by atoms with van der Waals surface area (Å²) in [6.07, 6.45) is 0. The Kier molecular flexibility index (Phi) is 8.56. The van der Waals surface area contributed by atoms with Crippen LogP contribution < -0.4 is 20.1 Å². The molecule has 156 valence electrons. The Labute approximate surface area is 169 Å². The van der Waals surface area contributed by atoms with E-state index in [1.807, 2.05) is 13.8 Å². The molecule has 0 radical (unpaired) electrons. The molecule has 0 unspecified atom stereocenters. The number of imide groups is 1. The van der Waals surface area contributed by atoms with Crippen LogP contribution in [0, 0.1) is 5.92 Å². The Hall–Kier alpha value is -2.48. The minimum atomic E-state index is -0.790. The summed E-state index contributed by atoms with van der Waals surface area (Å²) < 4.78 is 15.8. The zero-order valence-corrected chi connectivity index (χ0v) is 17.7. The van der Waals surface area contributed by atoms with Crippen LogP contribution in [0.1, 0.15) is 45.0 Å². The topological polar surface area (TPSA) is 103 Å². The summed E-state index contributed by atoms with van der Waals surface area (Å²) in [5.41, 5.74) is -0.418. The SMILES string of the molecule is COc1cc(C(=O)OCC(=O)NC(=O)NC(C)(C)C)cc(Cl)c1OCC(C)C. The number of methoxy groups -OCH3 is 1. The zero-order valence-electron chi connectivity index (χ0n) is 17.0. The first kappa shape index (κ1) is 23.6. The van der Waals surface area contributed by atoms with Crippen molar-refractivity contribution in [1.82, 2.24) is 10.6 Å². The van der Waals surface area contributed by atoms with Gasteiger partial charge < -0.3 is 19.5 Å². The second kappa shape index (κ2) is 10.2. The van der Waals surface area contributed by atoms with Crippen LogP contribution in [0.3, 0.4) is 0 Å². The molecule has 9 heteroatoms. The van der Waals surface area contributed by atoms with Gasteiger partial charge in [-0.2, -0.15) is 0 Å². The minimum absolute atomic E-state index is 0.0886. The highest BCUT2D eigenvalue weighted by Gasteiger charge is 2.19. The van der Waals surface area contributed by atoms with Crippen molar-refractivity contribution in [2.24, 2.45) is 5.92 Å². The summed E-state index contributed by atoms with van der Waals surface area (Å²) in [4.78, 5) is 35.6. The summed E-state index contributed by atoms with van der Waals surface area (Å²) in [6.45, 7) is 9.07. The molecule has 0 heterocycles. The molecule has 0 aliphatic rings. The number of carbonyl (C=O) groups excluding carboxylic acids is 3. The number of nitrogens with one attached hydrogen (secondary N) is 2. The predicted octanol–water partition coefficient (Wildman–Crippen LogP) is 3.16. The van der Waals surface area contributed by atoms with Crippen LogP contribution in [0.25, 0.3) is 0 Å². The summed E-state index contributed by atoms with van der Waals surface area (Å²) in [5.74, 6) is -0.674. The number of esters is 1. The fourth-order valence-corrected chi connectivity index (χ4v) is 2.24.